The number of aliphatic hydroxyl groups is 1. The summed E-state index contributed by atoms with van der Waals surface area (Å²) in [6, 6.07) is 8.28. The smallest absolute Gasteiger partial charge is 0.354 e. The number of fused-ring (bicyclic) bond motifs is 1. The standard InChI is InChI=1S/C21H20Cl2N4O4/c1-10-17(22)18(23)19(24-10)20(29)26-13-6-7-27(9-16(13)28)15-8-14(21(30)31)25-12-5-3-2-4-11(12)15/h2-5,8,13,16,24,28H,6-7,9H2,1H3,(H,26,29)(H,30,31)/t13-,16+/m0/s1. The highest BCUT2D eigenvalue weighted by molar-refractivity contribution is 6.44. The van der Waals surface area contributed by atoms with Crippen LogP contribution in [0.4, 0.5) is 5.69 Å². The molecule has 10 heteroatoms. The first-order valence-electron chi connectivity index (χ1n) is 9.66. The predicted octanol–water partition coefficient (Wildman–Crippen LogP) is 3.25. The van der Waals surface area contributed by atoms with Crippen LogP contribution < -0.4 is 10.2 Å². The number of halogens is 2. The van der Waals surface area contributed by atoms with Crippen molar-refractivity contribution in [1.29, 1.82) is 0 Å². The number of rotatable bonds is 4. The van der Waals surface area contributed by atoms with E-state index in [1.54, 1.807) is 19.1 Å². The summed E-state index contributed by atoms with van der Waals surface area (Å²) in [5.74, 6) is -1.56. The van der Waals surface area contributed by atoms with Crippen LogP contribution in [-0.4, -0.2) is 57.3 Å². The largest absolute Gasteiger partial charge is 0.477 e. The summed E-state index contributed by atoms with van der Waals surface area (Å²) in [6.45, 7) is 2.44. The van der Waals surface area contributed by atoms with Gasteiger partial charge in [0.05, 0.1) is 27.7 Å². The highest BCUT2D eigenvalue weighted by Gasteiger charge is 2.31. The number of hydrogen-bond acceptors (Lipinski definition) is 5. The van der Waals surface area contributed by atoms with Crippen LogP contribution in [0.15, 0.2) is 30.3 Å². The van der Waals surface area contributed by atoms with E-state index in [1.165, 1.54) is 6.07 Å². The molecule has 4 rings (SSSR count). The minimum absolute atomic E-state index is 0.0627. The third-order valence-corrected chi connectivity index (χ3v) is 6.38. The number of β-amino-alcohol motifs (C(OH)–C–C–N with tert-alkyl or cyclic N) is 1. The normalized spacial score (nSPS) is 18.9. The highest BCUT2D eigenvalue weighted by atomic mass is 35.5. The van der Waals surface area contributed by atoms with Gasteiger partial charge in [0, 0.05) is 29.9 Å². The van der Waals surface area contributed by atoms with Crippen molar-refractivity contribution < 1.29 is 19.8 Å². The van der Waals surface area contributed by atoms with Crippen molar-refractivity contribution in [3.63, 3.8) is 0 Å². The Kier molecular flexibility index (Phi) is 5.79. The van der Waals surface area contributed by atoms with E-state index in [9.17, 15) is 19.8 Å². The van der Waals surface area contributed by atoms with Gasteiger partial charge in [-0.1, -0.05) is 41.4 Å². The van der Waals surface area contributed by atoms with Gasteiger partial charge in [0.2, 0.25) is 0 Å². The molecule has 1 amide bonds. The molecule has 1 fully saturated rings. The van der Waals surface area contributed by atoms with Crippen LogP contribution in [0.25, 0.3) is 10.9 Å². The lowest BCUT2D eigenvalue weighted by Crippen LogP contribution is -2.54. The van der Waals surface area contributed by atoms with Gasteiger partial charge in [0.15, 0.2) is 5.69 Å². The number of carbonyl (C=O) groups is 2. The number of piperidine rings is 1. The molecule has 0 saturated carbocycles. The fourth-order valence-electron chi connectivity index (χ4n) is 3.82. The number of carboxylic acid groups (broad SMARTS) is 1. The Balaban J connectivity index is 1.54. The number of para-hydroxylation sites is 1. The van der Waals surface area contributed by atoms with Crippen LogP contribution in [0.3, 0.4) is 0 Å². The predicted molar refractivity (Wildman–Crippen MR) is 118 cm³/mol. The van der Waals surface area contributed by atoms with E-state index in [0.29, 0.717) is 34.9 Å². The van der Waals surface area contributed by atoms with E-state index in [2.05, 4.69) is 15.3 Å². The second-order valence-corrected chi connectivity index (χ2v) is 8.24. The molecule has 1 aliphatic rings. The molecule has 162 valence electrons. The van der Waals surface area contributed by atoms with Gasteiger partial charge in [-0.3, -0.25) is 4.79 Å². The monoisotopic (exact) mass is 462 g/mol. The third-order valence-electron chi connectivity index (χ3n) is 5.43. The Morgan fingerprint density at radius 3 is 2.65 bits per heavy atom. The first kappa shape index (κ1) is 21.4. The molecule has 2 aromatic heterocycles. The summed E-state index contributed by atoms with van der Waals surface area (Å²) in [5, 5.41) is 24.2. The number of aromatic amines is 1. The van der Waals surface area contributed by atoms with Gasteiger partial charge in [-0.05, 0) is 25.5 Å². The Hall–Kier alpha value is -2.81. The number of carboxylic acids is 1. The Labute approximate surface area is 187 Å². The zero-order chi connectivity index (χ0) is 22.3. The maximum absolute atomic E-state index is 12.6. The number of aryl methyl sites for hydroxylation is 1. The Morgan fingerprint density at radius 1 is 1.26 bits per heavy atom. The summed E-state index contributed by atoms with van der Waals surface area (Å²) in [6.07, 6.45) is -0.417. The average Bonchev–Trinajstić information content (AvgIpc) is 3.01. The minimum Gasteiger partial charge on any atom is -0.477 e. The van der Waals surface area contributed by atoms with E-state index in [0.717, 1.165) is 5.39 Å². The molecule has 1 aromatic carbocycles. The topological polar surface area (TPSA) is 119 Å². The van der Waals surface area contributed by atoms with Gasteiger partial charge in [0.1, 0.15) is 5.69 Å². The van der Waals surface area contributed by atoms with Crippen molar-refractivity contribution in [2.75, 3.05) is 18.0 Å². The van der Waals surface area contributed by atoms with Gasteiger partial charge in [0.25, 0.3) is 5.91 Å². The third kappa shape index (κ3) is 4.06. The van der Waals surface area contributed by atoms with E-state index >= 15 is 0 Å². The van der Waals surface area contributed by atoms with E-state index < -0.39 is 24.0 Å². The van der Waals surface area contributed by atoms with Crippen molar-refractivity contribution in [3.8, 4) is 0 Å². The van der Waals surface area contributed by atoms with Crippen LogP contribution in [0.2, 0.25) is 10.0 Å². The number of hydrogen-bond donors (Lipinski definition) is 4. The molecule has 0 bridgehead atoms. The molecule has 0 unspecified atom stereocenters. The number of anilines is 1. The van der Waals surface area contributed by atoms with Crippen LogP contribution in [0.5, 0.6) is 0 Å². The summed E-state index contributed by atoms with van der Waals surface area (Å²) < 4.78 is 0. The van der Waals surface area contributed by atoms with E-state index in [4.69, 9.17) is 23.2 Å². The number of aromatic carboxylic acids is 1. The maximum Gasteiger partial charge on any atom is 0.354 e. The molecule has 1 saturated heterocycles. The molecular formula is C21H20Cl2N4O4. The molecule has 0 radical (unpaired) electrons. The van der Waals surface area contributed by atoms with Crippen LogP contribution in [0.1, 0.15) is 33.1 Å². The summed E-state index contributed by atoms with van der Waals surface area (Å²) >= 11 is 12.2. The number of nitrogens with zero attached hydrogens (tertiary/aromatic N) is 2. The number of H-pyrrole nitrogens is 1. The molecule has 3 aromatic rings. The van der Waals surface area contributed by atoms with Crippen molar-refractivity contribution in [3.05, 3.63) is 57.5 Å². The number of aromatic nitrogens is 2. The fraction of sp³-hybridized carbons (Fsp3) is 0.286. The molecule has 0 aliphatic carbocycles. The van der Waals surface area contributed by atoms with Gasteiger partial charge in [-0.2, -0.15) is 0 Å². The van der Waals surface area contributed by atoms with Crippen molar-refractivity contribution in [1.82, 2.24) is 15.3 Å². The summed E-state index contributed by atoms with van der Waals surface area (Å²) in [5.41, 5.74) is 1.93. The van der Waals surface area contributed by atoms with Gasteiger partial charge in [-0.15, -0.1) is 0 Å². The molecule has 2 atom stereocenters. The zero-order valence-electron chi connectivity index (χ0n) is 16.5. The van der Waals surface area contributed by atoms with Crippen molar-refractivity contribution in [2.24, 2.45) is 0 Å². The first-order chi connectivity index (χ1) is 14.8. The minimum atomic E-state index is -1.12. The van der Waals surface area contributed by atoms with Crippen LogP contribution >= 0.6 is 23.2 Å². The molecule has 1 aliphatic heterocycles. The molecule has 0 spiro atoms. The Bertz CT molecular complexity index is 1180. The average molecular weight is 463 g/mol. The summed E-state index contributed by atoms with van der Waals surface area (Å²) in [7, 11) is 0. The van der Waals surface area contributed by atoms with Crippen molar-refractivity contribution >= 4 is 51.7 Å². The van der Waals surface area contributed by atoms with Crippen LogP contribution in [0, 0.1) is 6.92 Å². The maximum atomic E-state index is 12.6. The van der Waals surface area contributed by atoms with Gasteiger partial charge in [-0.25, -0.2) is 9.78 Å². The lowest BCUT2D eigenvalue weighted by atomic mass is 10.00. The van der Waals surface area contributed by atoms with Gasteiger partial charge < -0.3 is 25.4 Å². The second kappa shape index (κ2) is 8.37. The SMILES string of the molecule is Cc1[nH]c(C(=O)N[C@H]2CCN(c3cc(C(=O)O)nc4ccccc34)C[C@H]2O)c(Cl)c1Cl. The molecular weight excluding hydrogens is 443 g/mol. The van der Waals surface area contributed by atoms with E-state index in [1.807, 2.05) is 17.0 Å². The fourth-order valence-corrected chi connectivity index (χ4v) is 4.23. The molecule has 8 nitrogen and oxygen atoms in total. The van der Waals surface area contributed by atoms with Crippen molar-refractivity contribution in [2.45, 2.75) is 25.5 Å². The quantitative estimate of drug-likeness (QED) is 0.472. The molecule has 3 heterocycles. The van der Waals surface area contributed by atoms with E-state index in [-0.39, 0.29) is 23.0 Å². The second-order valence-electron chi connectivity index (χ2n) is 7.48. The number of nitrogens with one attached hydrogen (secondary N) is 2. The number of aliphatic hydroxyl groups excluding tert-OH is 1. The lowest BCUT2D eigenvalue weighted by Gasteiger charge is -2.38. The number of pyridine rings is 1. The molecule has 31 heavy (non-hydrogen) atoms. The summed E-state index contributed by atoms with van der Waals surface area (Å²) in [4.78, 5) is 33.1. The zero-order valence-corrected chi connectivity index (χ0v) is 18.0. The highest BCUT2D eigenvalue weighted by Crippen LogP contribution is 2.31. The Morgan fingerprint density at radius 2 is 2.00 bits per heavy atom. The number of amides is 1. The number of carbonyl (C=O) groups excluding carboxylic acids is 1. The number of benzene rings is 1. The molecule has 4 N–H and O–H groups in total. The lowest BCUT2D eigenvalue weighted by molar-refractivity contribution is 0.0690. The van der Waals surface area contributed by atoms with Crippen LogP contribution in [-0.2, 0) is 0 Å². The first-order valence-corrected chi connectivity index (χ1v) is 10.4. The van der Waals surface area contributed by atoms with Gasteiger partial charge >= 0.3 is 5.97 Å².